The van der Waals surface area contributed by atoms with Crippen LogP contribution in [0.15, 0.2) is 0 Å². The lowest BCUT2D eigenvalue weighted by Gasteiger charge is -2.25. The van der Waals surface area contributed by atoms with Crippen molar-refractivity contribution in [2.24, 2.45) is 17.8 Å². The number of rotatable bonds is 7. The molecule has 1 heteroatoms. The highest BCUT2D eigenvalue weighted by molar-refractivity contribution is 6.20. The second-order valence-electron chi connectivity index (χ2n) is 5.32. The Morgan fingerprint density at radius 2 is 1.36 bits per heavy atom. The van der Waals surface area contributed by atoms with Gasteiger partial charge in [-0.2, -0.15) is 0 Å². The van der Waals surface area contributed by atoms with E-state index < -0.39 is 0 Å². The van der Waals surface area contributed by atoms with E-state index in [-0.39, 0.29) is 0 Å². The van der Waals surface area contributed by atoms with Crippen molar-refractivity contribution in [2.45, 2.75) is 65.7 Å². The van der Waals surface area contributed by atoms with E-state index in [9.17, 15) is 0 Å². The third-order valence-corrected chi connectivity index (χ3v) is 3.20. The molecule has 0 nitrogen and oxygen atoms in total. The zero-order valence-electron chi connectivity index (χ0n) is 10.5. The van der Waals surface area contributed by atoms with E-state index in [0.29, 0.717) is 5.38 Å². The lowest BCUT2D eigenvalue weighted by atomic mass is 9.85. The minimum atomic E-state index is 0.393. The molecule has 0 aromatic rings. The van der Waals surface area contributed by atoms with Gasteiger partial charge in [0.15, 0.2) is 0 Å². The van der Waals surface area contributed by atoms with Gasteiger partial charge in [-0.25, -0.2) is 0 Å². The highest BCUT2D eigenvalue weighted by Gasteiger charge is 2.20. The van der Waals surface area contributed by atoms with Gasteiger partial charge in [0.2, 0.25) is 0 Å². The Bertz CT molecular complexity index is 119. The van der Waals surface area contributed by atoms with Crippen LogP contribution in [-0.4, -0.2) is 5.38 Å². The van der Waals surface area contributed by atoms with Gasteiger partial charge < -0.3 is 0 Å². The first-order chi connectivity index (χ1) is 6.47. The molecule has 0 rings (SSSR count). The summed E-state index contributed by atoms with van der Waals surface area (Å²) in [5.41, 5.74) is 0. The molecule has 1 atom stereocenters. The lowest BCUT2D eigenvalue weighted by molar-refractivity contribution is 0.323. The zero-order chi connectivity index (χ0) is 11.1. The Labute approximate surface area is 95.4 Å². The highest BCUT2D eigenvalue weighted by Crippen LogP contribution is 2.28. The first-order valence-corrected chi connectivity index (χ1v) is 6.55. The molecule has 1 unspecified atom stereocenters. The minimum absolute atomic E-state index is 0.393. The maximum Gasteiger partial charge on any atom is 0.0364 e. The van der Waals surface area contributed by atoms with Crippen LogP contribution in [-0.2, 0) is 0 Å². The van der Waals surface area contributed by atoms with Gasteiger partial charge in [0.1, 0.15) is 0 Å². The van der Waals surface area contributed by atoms with Crippen molar-refractivity contribution in [3.8, 4) is 0 Å². The van der Waals surface area contributed by atoms with Crippen LogP contribution in [0.25, 0.3) is 0 Å². The second kappa shape index (κ2) is 7.56. The average molecular weight is 219 g/mol. The third kappa shape index (κ3) is 6.70. The summed E-state index contributed by atoms with van der Waals surface area (Å²) in [6.45, 7) is 11.4. The first-order valence-electron chi connectivity index (χ1n) is 6.11. The second-order valence-corrected chi connectivity index (χ2v) is 5.88. The van der Waals surface area contributed by atoms with Crippen LogP contribution < -0.4 is 0 Å². The van der Waals surface area contributed by atoms with E-state index in [1.807, 2.05) is 0 Å². The molecule has 0 bridgehead atoms. The zero-order valence-corrected chi connectivity index (χ0v) is 11.3. The SMILES string of the molecule is CCCC(Cl)C(CC(C)C)CC(C)C. The number of alkyl halides is 1. The molecular weight excluding hydrogens is 192 g/mol. The molecule has 0 amide bonds. The topological polar surface area (TPSA) is 0 Å². The Morgan fingerprint density at radius 3 is 1.64 bits per heavy atom. The highest BCUT2D eigenvalue weighted by atomic mass is 35.5. The fraction of sp³-hybridized carbons (Fsp3) is 1.00. The van der Waals surface area contributed by atoms with Gasteiger partial charge in [0, 0.05) is 5.38 Å². The lowest BCUT2D eigenvalue weighted by Crippen LogP contribution is -2.19. The summed E-state index contributed by atoms with van der Waals surface area (Å²) in [4.78, 5) is 0. The van der Waals surface area contributed by atoms with Crippen LogP contribution in [0.2, 0.25) is 0 Å². The van der Waals surface area contributed by atoms with Crippen molar-refractivity contribution in [2.75, 3.05) is 0 Å². The molecule has 0 aliphatic carbocycles. The Balaban J connectivity index is 4.08. The van der Waals surface area contributed by atoms with Gasteiger partial charge in [-0.05, 0) is 37.0 Å². The van der Waals surface area contributed by atoms with E-state index in [0.717, 1.165) is 17.8 Å². The molecule has 0 heterocycles. The van der Waals surface area contributed by atoms with Gasteiger partial charge in [-0.15, -0.1) is 11.6 Å². The normalized spacial score (nSPS) is 14.4. The summed E-state index contributed by atoms with van der Waals surface area (Å²) in [5, 5.41) is 0.393. The molecule has 0 aromatic carbocycles. The summed E-state index contributed by atoms with van der Waals surface area (Å²) in [7, 11) is 0. The third-order valence-electron chi connectivity index (χ3n) is 2.62. The van der Waals surface area contributed by atoms with Crippen LogP contribution in [0.3, 0.4) is 0 Å². The maximum atomic E-state index is 6.44. The fourth-order valence-corrected chi connectivity index (χ4v) is 2.54. The predicted octanol–water partition coefficient (Wildman–Crippen LogP) is 5.10. The van der Waals surface area contributed by atoms with Crippen LogP contribution in [0.5, 0.6) is 0 Å². The first kappa shape index (κ1) is 14.3. The molecule has 0 saturated carbocycles. The van der Waals surface area contributed by atoms with Gasteiger partial charge in [-0.3, -0.25) is 0 Å². The van der Waals surface area contributed by atoms with Crippen LogP contribution in [0.1, 0.15) is 60.3 Å². The van der Waals surface area contributed by atoms with Gasteiger partial charge in [0.05, 0.1) is 0 Å². The smallest absolute Gasteiger partial charge is 0.0364 e. The molecule has 0 fully saturated rings. The molecule has 0 aliphatic rings. The van der Waals surface area contributed by atoms with Crippen LogP contribution in [0, 0.1) is 17.8 Å². The van der Waals surface area contributed by atoms with Gasteiger partial charge in [-0.1, -0.05) is 41.0 Å². The van der Waals surface area contributed by atoms with Crippen molar-refractivity contribution in [1.29, 1.82) is 0 Å². The Kier molecular flexibility index (Phi) is 7.72. The van der Waals surface area contributed by atoms with Crippen molar-refractivity contribution in [3.63, 3.8) is 0 Å². The average Bonchev–Trinajstić information content (AvgIpc) is 2.01. The molecule has 0 N–H and O–H groups in total. The van der Waals surface area contributed by atoms with E-state index in [1.54, 1.807) is 0 Å². The van der Waals surface area contributed by atoms with Crippen molar-refractivity contribution in [1.82, 2.24) is 0 Å². The maximum absolute atomic E-state index is 6.44. The quantitative estimate of drug-likeness (QED) is 0.522. The van der Waals surface area contributed by atoms with Crippen molar-refractivity contribution >= 4 is 11.6 Å². The molecule has 0 aliphatic heterocycles. The Morgan fingerprint density at radius 1 is 0.929 bits per heavy atom. The van der Waals surface area contributed by atoms with Crippen LogP contribution in [0.4, 0.5) is 0 Å². The van der Waals surface area contributed by atoms with E-state index in [2.05, 4.69) is 34.6 Å². The van der Waals surface area contributed by atoms with E-state index in [1.165, 1.54) is 25.7 Å². The van der Waals surface area contributed by atoms with Crippen LogP contribution >= 0.6 is 11.6 Å². The molecular formula is C13H27Cl. The summed E-state index contributed by atoms with van der Waals surface area (Å²) in [5.74, 6) is 2.27. The fourth-order valence-electron chi connectivity index (χ4n) is 2.11. The predicted molar refractivity (Wildman–Crippen MR) is 66.9 cm³/mol. The molecule has 0 spiro atoms. The minimum Gasteiger partial charge on any atom is -0.123 e. The Hall–Kier alpha value is 0.290. The summed E-state index contributed by atoms with van der Waals surface area (Å²) in [6, 6.07) is 0. The van der Waals surface area contributed by atoms with Gasteiger partial charge >= 0.3 is 0 Å². The number of hydrogen-bond donors (Lipinski definition) is 0. The molecule has 14 heavy (non-hydrogen) atoms. The summed E-state index contributed by atoms with van der Waals surface area (Å²) < 4.78 is 0. The molecule has 0 radical (unpaired) electrons. The largest absolute Gasteiger partial charge is 0.123 e. The monoisotopic (exact) mass is 218 g/mol. The van der Waals surface area contributed by atoms with E-state index >= 15 is 0 Å². The number of halogens is 1. The van der Waals surface area contributed by atoms with Gasteiger partial charge in [0.25, 0.3) is 0 Å². The summed E-state index contributed by atoms with van der Waals surface area (Å²) >= 11 is 6.44. The molecule has 0 aromatic heterocycles. The van der Waals surface area contributed by atoms with E-state index in [4.69, 9.17) is 11.6 Å². The van der Waals surface area contributed by atoms with Crippen molar-refractivity contribution in [3.05, 3.63) is 0 Å². The van der Waals surface area contributed by atoms with Crippen molar-refractivity contribution < 1.29 is 0 Å². The standard InChI is InChI=1S/C13H27Cl/c1-6-7-13(14)12(8-10(2)3)9-11(4)5/h10-13H,6-9H2,1-5H3. The molecule has 0 saturated heterocycles. The molecule has 86 valence electrons. The summed E-state index contributed by atoms with van der Waals surface area (Å²) in [6.07, 6.45) is 4.95. The number of hydrogen-bond acceptors (Lipinski definition) is 0.